The van der Waals surface area contributed by atoms with Crippen LogP contribution in [-0.4, -0.2) is 17.2 Å². The monoisotopic (exact) mass is 1220 g/mol. The van der Waals surface area contributed by atoms with Gasteiger partial charge in [-0.05, 0) is 53.4 Å². The normalized spacial score (nSPS) is 13.2. The number of aromatic carboxylic acids is 1. The number of alkyl halides is 24. The van der Waals surface area contributed by atoms with E-state index in [1.165, 1.54) is 22.0 Å². The molecule has 0 unspecified atom stereocenters. The molecule has 0 saturated heterocycles. The highest BCUT2D eigenvalue weighted by atomic mass is 19.4. The summed E-state index contributed by atoms with van der Waals surface area (Å²) in [5, 5.41) is 11.7. The summed E-state index contributed by atoms with van der Waals surface area (Å²) >= 11 is 0. The van der Waals surface area contributed by atoms with Crippen LogP contribution in [0.3, 0.4) is 0 Å². The van der Waals surface area contributed by atoms with E-state index in [0.29, 0.717) is 12.0 Å². The largest absolute Gasteiger partial charge is 0.478 e. The Labute approximate surface area is 456 Å². The fourth-order valence-electron chi connectivity index (χ4n) is 9.52. The van der Waals surface area contributed by atoms with Gasteiger partial charge < -0.3 is 5.11 Å². The van der Waals surface area contributed by atoms with Crippen LogP contribution in [0.25, 0.3) is 10.8 Å². The molecule has 7 aromatic carbocycles. The van der Waals surface area contributed by atoms with Crippen LogP contribution >= 0.6 is 0 Å². The fraction of sp³-hybridized carbons (Fsp3) is 0.179. The zero-order chi connectivity index (χ0) is 62.6. The van der Waals surface area contributed by atoms with E-state index in [9.17, 15) is 115 Å². The van der Waals surface area contributed by atoms with E-state index in [1.807, 2.05) is 42.5 Å². The van der Waals surface area contributed by atoms with Crippen LogP contribution in [-0.2, 0) is 62.4 Å². The van der Waals surface area contributed by atoms with Crippen molar-refractivity contribution in [2.24, 2.45) is 0 Å². The Balaban J connectivity index is 0.000000309. The molecule has 1 heterocycles. The molecule has 444 valence electrons. The number of pyridine rings is 1. The molecule has 84 heavy (non-hydrogen) atoms. The van der Waals surface area contributed by atoms with Crippen molar-refractivity contribution in [3.63, 3.8) is 0 Å². The second kappa shape index (κ2) is 22.4. The number of fused-ring (bicyclic) bond motifs is 1. The van der Waals surface area contributed by atoms with Crippen LogP contribution < -0.4 is 26.4 Å². The SMILES string of the molecule is FC(F)(F)c1cc([B-](c2cc(C(F)(F)F)cc(C(F)(F)F)c2)(c2cc(C(F)(F)F)cc(C(F)(F)F)c2)c2cc(C(F)(F)F)cc(C(F)(F)F)c2)cc(C(F)(F)F)c1.O=C(O)c1cccc(Cc2c3ccccc3cc[n+]2Cc2ccccc2)c1. The van der Waals surface area contributed by atoms with Gasteiger partial charge in [0.15, 0.2) is 18.4 Å². The lowest BCUT2D eigenvalue weighted by molar-refractivity contribution is -0.693. The first-order chi connectivity index (χ1) is 38.5. The number of carboxylic acids is 1. The van der Waals surface area contributed by atoms with Crippen molar-refractivity contribution in [3.05, 3.63) is 231 Å². The minimum atomic E-state index is -6.13. The van der Waals surface area contributed by atoms with Gasteiger partial charge in [-0.25, -0.2) is 4.79 Å². The first kappa shape index (κ1) is 63.4. The Bertz CT molecular complexity index is 3280. The number of hydrogen-bond acceptors (Lipinski definition) is 1. The maximum Gasteiger partial charge on any atom is 0.416 e. The van der Waals surface area contributed by atoms with Crippen LogP contribution in [0.15, 0.2) is 164 Å². The summed E-state index contributed by atoms with van der Waals surface area (Å²) in [5.74, 6) is -0.896. The lowest BCUT2D eigenvalue weighted by atomic mass is 9.12. The van der Waals surface area contributed by atoms with Crippen LogP contribution in [0.4, 0.5) is 105 Å². The van der Waals surface area contributed by atoms with E-state index in [1.54, 1.807) is 12.1 Å². The third-order valence-corrected chi connectivity index (χ3v) is 13.2. The Morgan fingerprint density at radius 2 is 0.667 bits per heavy atom. The van der Waals surface area contributed by atoms with Crippen molar-refractivity contribution in [2.45, 2.75) is 62.4 Å². The van der Waals surface area contributed by atoms with Crippen molar-refractivity contribution >= 4 is 44.7 Å². The maximum absolute atomic E-state index is 14.2. The fourth-order valence-corrected chi connectivity index (χ4v) is 9.52. The first-order valence-electron chi connectivity index (χ1n) is 23.6. The zero-order valence-corrected chi connectivity index (χ0v) is 41.5. The molecule has 8 aromatic rings. The summed E-state index contributed by atoms with van der Waals surface area (Å²) in [7, 11) is 0. The molecule has 0 fully saturated rings. The van der Waals surface area contributed by atoms with Crippen LogP contribution in [0, 0.1) is 0 Å². The minimum absolute atomic E-state index is 0.322. The predicted molar refractivity (Wildman–Crippen MR) is 256 cm³/mol. The van der Waals surface area contributed by atoms with E-state index in [4.69, 9.17) is 0 Å². The molecule has 3 nitrogen and oxygen atoms in total. The summed E-state index contributed by atoms with van der Waals surface area (Å²) in [5.41, 5.74) is -26.5. The molecule has 28 heteroatoms. The Morgan fingerprint density at radius 3 is 0.988 bits per heavy atom. The van der Waals surface area contributed by atoms with Crippen molar-refractivity contribution in [2.75, 3.05) is 0 Å². The quantitative estimate of drug-likeness (QED) is 0.0889. The van der Waals surface area contributed by atoms with Gasteiger partial charge in [-0.1, -0.05) is 109 Å². The molecule has 0 bridgehead atoms. The average molecular weight is 1220 g/mol. The molecule has 0 amide bonds. The summed E-state index contributed by atoms with van der Waals surface area (Å²) in [6.07, 6.45) is -52.0. The number of benzene rings is 7. The average Bonchev–Trinajstić information content (AvgIpc) is 0.782. The summed E-state index contributed by atoms with van der Waals surface area (Å²) in [6, 6.07) is 19.2. The number of aromatic nitrogens is 1. The van der Waals surface area contributed by atoms with E-state index < -0.39 is 201 Å². The molecule has 0 saturated carbocycles. The molecule has 0 atom stereocenters. The number of hydrogen-bond donors (Lipinski definition) is 1. The molecule has 0 aliphatic rings. The van der Waals surface area contributed by atoms with Gasteiger partial charge in [0.05, 0.1) is 56.5 Å². The third kappa shape index (κ3) is 14.2. The summed E-state index contributed by atoms with van der Waals surface area (Å²) in [4.78, 5) is 11.3. The van der Waals surface area contributed by atoms with Gasteiger partial charge in [0, 0.05) is 17.0 Å². The smallest absolute Gasteiger partial charge is 0.416 e. The second-order valence-corrected chi connectivity index (χ2v) is 18.9. The van der Waals surface area contributed by atoms with Gasteiger partial charge in [0.2, 0.25) is 0 Å². The van der Waals surface area contributed by atoms with E-state index in [2.05, 4.69) is 41.1 Å². The van der Waals surface area contributed by atoms with Crippen LogP contribution in [0.5, 0.6) is 0 Å². The number of nitrogens with zero attached hydrogens (tertiary/aromatic N) is 1. The number of carboxylic acid groups (broad SMARTS) is 1. The number of halogens is 24. The van der Waals surface area contributed by atoms with Gasteiger partial charge in [0.25, 0.3) is 0 Å². The van der Waals surface area contributed by atoms with Crippen molar-refractivity contribution in [1.29, 1.82) is 0 Å². The van der Waals surface area contributed by atoms with Gasteiger partial charge in [-0.15, -0.1) is 0 Å². The topological polar surface area (TPSA) is 41.2 Å². The van der Waals surface area contributed by atoms with Gasteiger partial charge in [-0.3, -0.25) is 0 Å². The lowest BCUT2D eigenvalue weighted by Crippen LogP contribution is -2.75. The standard InChI is InChI=1S/C32H12BF24.C24H19NO2/c34-25(35,36)13-1-14(26(37,38)39)6-21(5-13)33(22-7-15(27(40,41)42)2-16(8-22)28(43,44)45,23-9-17(29(46,47)48)3-18(10-23)30(49,50)51)24-11-19(31(52,53)54)4-20(12-24)32(55,56)57;26-24(27)21-11-6-9-19(15-21)16-23-22-12-5-4-10-20(22)13-14-25(23)17-18-7-2-1-3-8-18/h1-12H;1-15H,16-17H2/q-1;/p+1. The Kier molecular flexibility index (Phi) is 16.9. The maximum atomic E-state index is 14.2. The van der Waals surface area contributed by atoms with E-state index in [-0.39, 0.29) is 0 Å². The minimum Gasteiger partial charge on any atom is -0.478 e. The molecular weight excluding hydrogens is 1190 g/mol. The molecule has 0 radical (unpaired) electrons. The van der Waals surface area contributed by atoms with E-state index >= 15 is 0 Å². The van der Waals surface area contributed by atoms with Gasteiger partial charge in [-0.2, -0.15) is 132 Å². The van der Waals surface area contributed by atoms with Crippen LogP contribution in [0.1, 0.15) is 71.7 Å². The van der Waals surface area contributed by atoms with Crippen LogP contribution in [0.2, 0.25) is 0 Å². The Morgan fingerprint density at radius 1 is 0.357 bits per heavy atom. The molecule has 8 rings (SSSR count). The van der Waals surface area contributed by atoms with Gasteiger partial charge >= 0.3 is 55.4 Å². The number of carbonyl (C=O) groups is 1. The highest BCUT2D eigenvalue weighted by Gasteiger charge is 2.47. The highest BCUT2D eigenvalue weighted by Crippen LogP contribution is 2.42. The molecular formula is C56H32BF24NO2. The van der Waals surface area contributed by atoms with Gasteiger partial charge in [0.1, 0.15) is 6.15 Å². The summed E-state index contributed by atoms with van der Waals surface area (Å²) in [6.45, 7) is 0.777. The first-order valence-corrected chi connectivity index (χ1v) is 23.6. The van der Waals surface area contributed by atoms with Crippen molar-refractivity contribution in [3.8, 4) is 0 Å². The number of rotatable bonds is 9. The predicted octanol–water partition coefficient (Wildman–Crippen LogP) is 15.7. The Hall–Kier alpha value is -8.20. The molecule has 1 aromatic heterocycles. The second-order valence-electron chi connectivity index (χ2n) is 18.9. The molecule has 0 aliphatic carbocycles. The highest BCUT2D eigenvalue weighted by molar-refractivity contribution is 7.20. The molecule has 0 aliphatic heterocycles. The molecule has 0 spiro atoms. The van der Waals surface area contributed by atoms with Crippen molar-refractivity contribution < 1.29 is 120 Å². The third-order valence-electron chi connectivity index (χ3n) is 13.2. The zero-order valence-electron chi connectivity index (χ0n) is 41.5. The molecule has 1 N–H and O–H groups in total. The summed E-state index contributed by atoms with van der Waals surface area (Å²) < 4.78 is 343. The van der Waals surface area contributed by atoms with Crippen molar-refractivity contribution in [1.82, 2.24) is 0 Å². The lowest BCUT2D eigenvalue weighted by Gasteiger charge is -2.46. The van der Waals surface area contributed by atoms with E-state index in [0.717, 1.165) is 12.1 Å².